The highest BCUT2D eigenvalue weighted by Crippen LogP contribution is 2.17. The second-order valence-corrected chi connectivity index (χ2v) is 7.03. The molecule has 3 rings (SSSR count). The third-order valence-corrected chi connectivity index (χ3v) is 4.93. The molecule has 0 radical (unpaired) electrons. The van der Waals surface area contributed by atoms with E-state index in [1.54, 1.807) is 54.1 Å². The molecule has 148 valence electrons. The first-order chi connectivity index (χ1) is 13.4. The summed E-state index contributed by atoms with van der Waals surface area (Å²) in [6.07, 6.45) is 0. The predicted molar refractivity (Wildman–Crippen MR) is 104 cm³/mol. The summed E-state index contributed by atoms with van der Waals surface area (Å²) >= 11 is 0. The lowest BCUT2D eigenvalue weighted by molar-refractivity contribution is -0.133. The Balaban J connectivity index is 1.53. The number of hydrogen-bond acceptors (Lipinski definition) is 4. The maximum Gasteiger partial charge on any atom is 0.257 e. The van der Waals surface area contributed by atoms with E-state index < -0.39 is 0 Å². The van der Waals surface area contributed by atoms with Crippen molar-refractivity contribution in [2.45, 2.75) is 13.8 Å². The minimum absolute atomic E-state index is 0.0156. The molecule has 3 amide bonds. The standard InChI is InChI=1S/C21H25N3O4/c1-15-13-18(16(2)28-15)21(27)24-11-9-23(10-12-24)19(25)14-22(3)20(26)17-7-5-4-6-8-17/h4-8,13H,9-12,14H2,1-3H3. The van der Waals surface area contributed by atoms with Crippen molar-refractivity contribution in [2.75, 3.05) is 39.8 Å². The number of furan rings is 1. The molecule has 7 nitrogen and oxygen atoms in total. The van der Waals surface area contributed by atoms with E-state index in [9.17, 15) is 14.4 Å². The van der Waals surface area contributed by atoms with Crippen LogP contribution in [0, 0.1) is 13.8 Å². The molecule has 0 N–H and O–H groups in total. The molecule has 0 atom stereocenters. The van der Waals surface area contributed by atoms with E-state index >= 15 is 0 Å². The minimum Gasteiger partial charge on any atom is -0.466 e. The number of benzene rings is 1. The number of nitrogens with zero attached hydrogens (tertiary/aromatic N) is 3. The second-order valence-electron chi connectivity index (χ2n) is 7.03. The van der Waals surface area contributed by atoms with E-state index in [0.29, 0.717) is 48.8 Å². The van der Waals surface area contributed by atoms with E-state index in [-0.39, 0.29) is 24.3 Å². The van der Waals surface area contributed by atoms with Crippen LogP contribution in [0.25, 0.3) is 0 Å². The lowest BCUT2D eigenvalue weighted by Gasteiger charge is -2.35. The van der Waals surface area contributed by atoms with Crippen LogP contribution in [-0.4, -0.2) is 72.2 Å². The number of piperazine rings is 1. The van der Waals surface area contributed by atoms with Gasteiger partial charge in [-0.25, -0.2) is 0 Å². The van der Waals surface area contributed by atoms with E-state index in [2.05, 4.69) is 0 Å². The molecule has 2 aromatic rings. The van der Waals surface area contributed by atoms with E-state index in [0.717, 1.165) is 0 Å². The van der Waals surface area contributed by atoms with Crippen molar-refractivity contribution < 1.29 is 18.8 Å². The Morgan fingerprint density at radius 3 is 2.18 bits per heavy atom. The van der Waals surface area contributed by atoms with Crippen LogP contribution in [0.1, 0.15) is 32.2 Å². The third kappa shape index (κ3) is 4.24. The first-order valence-corrected chi connectivity index (χ1v) is 9.31. The van der Waals surface area contributed by atoms with Crippen LogP contribution < -0.4 is 0 Å². The fourth-order valence-corrected chi connectivity index (χ4v) is 3.35. The van der Waals surface area contributed by atoms with Gasteiger partial charge < -0.3 is 19.1 Å². The summed E-state index contributed by atoms with van der Waals surface area (Å²) in [5.74, 6) is 0.948. The maximum absolute atomic E-state index is 12.6. The van der Waals surface area contributed by atoms with Crippen molar-refractivity contribution in [1.82, 2.24) is 14.7 Å². The number of carbonyl (C=O) groups excluding carboxylic acids is 3. The molecule has 0 bridgehead atoms. The zero-order valence-electron chi connectivity index (χ0n) is 16.5. The van der Waals surface area contributed by atoms with Crippen molar-refractivity contribution >= 4 is 17.7 Å². The highest BCUT2D eigenvalue weighted by molar-refractivity contribution is 5.97. The van der Waals surface area contributed by atoms with Gasteiger partial charge in [0.2, 0.25) is 5.91 Å². The van der Waals surface area contributed by atoms with E-state index in [4.69, 9.17) is 4.42 Å². The summed E-state index contributed by atoms with van der Waals surface area (Å²) in [6, 6.07) is 10.6. The van der Waals surface area contributed by atoms with E-state index in [1.807, 2.05) is 13.0 Å². The summed E-state index contributed by atoms with van der Waals surface area (Å²) in [4.78, 5) is 42.5. The van der Waals surface area contributed by atoms with Crippen LogP contribution in [-0.2, 0) is 4.79 Å². The van der Waals surface area contributed by atoms with Gasteiger partial charge in [0.15, 0.2) is 0 Å². The van der Waals surface area contributed by atoms with Gasteiger partial charge in [-0.3, -0.25) is 14.4 Å². The molecule has 1 saturated heterocycles. The van der Waals surface area contributed by atoms with Crippen molar-refractivity contribution in [3.05, 3.63) is 59.0 Å². The molecule has 28 heavy (non-hydrogen) atoms. The van der Waals surface area contributed by atoms with Crippen molar-refractivity contribution in [3.63, 3.8) is 0 Å². The van der Waals surface area contributed by atoms with Crippen molar-refractivity contribution in [3.8, 4) is 0 Å². The molecule has 7 heteroatoms. The van der Waals surface area contributed by atoms with Gasteiger partial charge in [0, 0.05) is 38.8 Å². The largest absolute Gasteiger partial charge is 0.466 e. The lowest BCUT2D eigenvalue weighted by atomic mass is 10.2. The van der Waals surface area contributed by atoms with Crippen LogP contribution in [0.4, 0.5) is 0 Å². The Kier molecular flexibility index (Phi) is 5.82. The molecule has 1 fully saturated rings. The Labute approximate surface area is 164 Å². The van der Waals surface area contributed by atoms with Gasteiger partial charge in [-0.15, -0.1) is 0 Å². The van der Waals surface area contributed by atoms with Gasteiger partial charge >= 0.3 is 0 Å². The van der Waals surface area contributed by atoms with Crippen molar-refractivity contribution in [2.24, 2.45) is 0 Å². The normalized spacial score (nSPS) is 14.1. The molecule has 0 saturated carbocycles. The quantitative estimate of drug-likeness (QED) is 0.809. The van der Waals surface area contributed by atoms with Gasteiger partial charge in [0.25, 0.3) is 11.8 Å². The van der Waals surface area contributed by atoms with Gasteiger partial charge in [-0.1, -0.05) is 18.2 Å². The van der Waals surface area contributed by atoms with Gasteiger partial charge in [0.05, 0.1) is 12.1 Å². The van der Waals surface area contributed by atoms with Crippen molar-refractivity contribution in [1.29, 1.82) is 0 Å². The molecular weight excluding hydrogens is 358 g/mol. The Hall–Kier alpha value is -3.09. The summed E-state index contributed by atoms with van der Waals surface area (Å²) in [5.41, 5.74) is 1.13. The fourth-order valence-electron chi connectivity index (χ4n) is 3.35. The third-order valence-electron chi connectivity index (χ3n) is 4.93. The maximum atomic E-state index is 12.6. The minimum atomic E-state index is -0.187. The van der Waals surface area contributed by atoms with Crippen LogP contribution in [0.2, 0.25) is 0 Å². The lowest BCUT2D eigenvalue weighted by Crippen LogP contribution is -2.52. The Bertz CT molecular complexity index is 867. The molecule has 0 unspecified atom stereocenters. The zero-order valence-corrected chi connectivity index (χ0v) is 16.5. The summed E-state index contributed by atoms with van der Waals surface area (Å²) < 4.78 is 5.44. The first-order valence-electron chi connectivity index (χ1n) is 9.31. The SMILES string of the molecule is Cc1cc(C(=O)N2CCN(C(=O)CN(C)C(=O)c3ccccc3)CC2)c(C)o1. The second kappa shape index (κ2) is 8.29. The highest BCUT2D eigenvalue weighted by Gasteiger charge is 2.27. The molecule has 1 aromatic carbocycles. The van der Waals surface area contributed by atoms with Gasteiger partial charge in [-0.2, -0.15) is 0 Å². The van der Waals surface area contributed by atoms with Gasteiger partial charge in [-0.05, 0) is 32.0 Å². The summed E-state index contributed by atoms with van der Waals surface area (Å²) in [5, 5.41) is 0. The molecule has 1 aliphatic rings. The van der Waals surface area contributed by atoms with Crippen LogP contribution >= 0.6 is 0 Å². The van der Waals surface area contributed by atoms with Crippen LogP contribution in [0.3, 0.4) is 0 Å². The number of aryl methyl sites for hydroxylation is 2. The Morgan fingerprint density at radius 1 is 1.00 bits per heavy atom. The predicted octanol–water partition coefficient (Wildman–Crippen LogP) is 1.95. The molecule has 1 aliphatic heterocycles. The van der Waals surface area contributed by atoms with E-state index in [1.165, 1.54) is 4.90 Å². The molecular formula is C21H25N3O4. The number of hydrogen-bond donors (Lipinski definition) is 0. The highest BCUT2D eigenvalue weighted by atomic mass is 16.3. The molecule has 0 aliphatic carbocycles. The fraction of sp³-hybridized carbons (Fsp3) is 0.381. The Morgan fingerprint density at radius 2 is 1.61 bits per heavy atom. The number of likely N-dealkylation sites (N-methyl/N-ethyl adjacent to an activating group) is 1. The summed E-state index contributed by atoms with van der Waals surface area (Å²) in [7, 11) is 1.62. The van der Waals surface area contributed by atoms with Gasteiger partial charge in [0.1, 0.15) is 11.5 Å². The number of carbonyl (C=O) groups is 3. The number of rotatable bonds is 4. The monoisotopic (exact) mass is 383 g/mol. The zero-order chi connectivity index (χ0) is 20.3. The average molecular weight is 383 g/mol. The first kappa shape index (κ1) is 19.7. The summed E-state index contributed by atoms with van der Waals surface area (Å²) in [6.45, 7) is 5.44. The number of amides is 3. The average Bonchev–Trinajstić information content (AvgIpc) is 3.05. The van der Waals surface area contributed by atoms with Crippen LogP contribution in [0.5, 0.6) is 0 Å². The molecule has 2 heterocycles. The topological polar surface area (TPSA) is 74.1 Å². The molecule has 0 spiro atoms. The smallest absolute Gasteiger partial charge is 0.257 e. The molecule has 1 aromatic heterocycles. The van der Waals surface area contributed by atoms with Crippen LogP contribution in [0.15, 0.2) is 40.8 Å².